The zero-order valence-electron chi connectivity index (χ0n) is 9.88. The summed E-state index contributed by atoms with van der Waals surface area (Å²) in [5.74, 6) is -2.89. The van der Waals surface area contributed by atoms with E-state index in [4.69, 9.17) is 28.9 Å². The number of amides is 1. The maximum atomic E-state index is 13.4. The Labute approximate surface area is 123 Å². The van der Waals surface area contributed by atoms with Crippen molar-refractivity contribution in [2.24, 2.45) is 0 Å². The number of halogens is 4. The van der Waals surface area contributed by atoms with Gasteiger partial charge in [0.2, 0.25) is 0 Å². The van der Waals surface area contributed by atoms with E-state index in [1.165, 1.54) is 24.3 Å². The van der Waals surface area contributed by atoms with Crippen LogP contribution in [-0.2, 0) is 0 Å². The second-order valence-electron chi connectivity index (χ2n) is 3.91. The van der Waals surface area contributed by atoms with Gasteiger partial charge in [-0.05, 0) is 24.3 Å². The van der Waals surface area contributed by atoms with Gasteiger partial charge in [-0.25, -0.2) is 8.78 Å². The number of carbonyl (C=O) groups excluding carboxylic acids is 1. The second-order valence-corrected chi connectivity index (χ2v) is 4.72. The Morgan fingerprint density at radius 1 is 1.15 bits per heavy atom. The van der Waals surface area contributed by atoms with Gasteiger partial charge in [0.25, 0.3) is 5.91 Å². The molecule has 3 N–H and O–H groups in total. The maximum absolute atomic E-state index is 13.4. The number of anilines is 2. The highest BCUT2D eigenvalue weighted by Gasteiger charge is 2.14. The van der Waals surface area contributed by atoms with Crippen LogP contribution in [0.4, 0.5) is 20.2 Å². The van der Waals surface area contributed by atoms with E-state index < -0.39 is 17.5 Å². The van der Waals surface area contributed by atoms with Crippen LogP contribution in [0.15, 0.2) is 30.3 Å². The maximum Gasteiger partial charge on any atom is 0.255 e. The van der Waals surface area contributed by atoms with Gasteiger partial charge < -0.3 is 11.1 Å². The third-order valence-electron chi connectivity index (χ3n) is 2.54. The molecule has 0 saturated heterocycles. The van der Waals surface area contributed by atoms with Crippen LogP contribution in [0, 0.1) is 11.6 Å². The highest BCUT2D eigenvalue weighted by atomic mass is 35.5. The largest absolute Gasteiger partial charge is 0.396 e. The van der Waals surface area contributed by atoms with Crippen LogP contribution in [0.2, 0.25) is 10.0 Å². The van der Waals surface area contributed by atoms with E-state index in [0.717, 1.165) is 6.07 Å². The topological polar surface area (TPSA) is 55.1 Å². The zero-order chi connectivity index (χ0) is 14.9. The molecule has 20 heavy (non-hydrogen) atoms. The quantitative estimate of drug-likeness (QED) is 0.819. The molecule has 0 atom stereocenters. The SMILES string of the molecule is Nc1c(Cl)cc(C(=O)Nc2cccc(F)c2F)cc1Cl. The van der Waals surface area contributed by atoms with Crippen LogP contribution in [-0.4, -0.2) is 5.91 Å². The van der Waals surface area contributed by atoms with Gasteiger partial charge in [0.1, 0.15) is 0 Å². The van der Waals surface area contributed by atoms with E-state index in [1.807, 2.05) is 0 Å². The zero-order valence-corrected chi connectivity index (χ0v) is 11.4. The molecule has 0 unspecified atom stereocenters. The summed E-state index contributed by atoms with van der Waals surface area (Å²) in [5.41, 5.74) is 5.49. The van der Waals surface area contributed by atoms with Crippen LogP contribution in [0.3, 0.4) is 0 Å². The third kappa shape index (κ3) is 2.84. The van der Waals surface area contributed by atoms with Gasteiger partial charge in [0.15, 0.2) is 11.6 Å². The molecule has 0 aliphatic rings. The lowest BCUT2D eigenvalue weighted by Gasteiger charge is -2.09. The van der Waals surface area contributed by atoms with Crippen molar-refractivity contribution in [3.63, 3.8) is 0 Å². The lowest BCUT2D eigenvalue weighted by molar-refractivity contribution is 0.102. The summed E-state index contributed by atoms with van der Waals surface area (Å²) in [6, 6.07) is 6.03. The van der Waals surface area contributed by atoms with Crippen LogP contribution in [0.1, 0.15) is 10.4 Å². The van der Waals surface area contributed by atoms with Crippen molar-refractivity contribution >= 4 is 40.5 Å². The van der Waals surface area contributed by atoms with Gasteiger partial charge in [-0.1, -0.05) is 29.3 Å². The fourth-order valence-corrected chi connectivity index (χ4v) is 2.00. The smallest absolute Gasteiger partial charge is 0.255 e. The van der Waals surface area contributed by atoms with E-state index in [-0.39, 0.29) is 27.0 Å². The standard InChI is InChI=1S/C13H8Cl2F2N2O/c14-7-4-6(5-8(15)12(7)18)13(20)19-10-3-1-2-9(16)11(10)17/h1-5H,18H2,(H,19,20). The van der Waals surface area contributed by atoms with Crippen molar-refractivity contribution in [2.75, 3.05) is 11.1 Å². The van der Waals surface area contributed by atoms with Gasteiger partial charge in [0, 0.05) is 5.56 Å². The number of carbonyl (C=O) groups is 1. The first-order chi connectivity index (χ1) is 9.40. The minimum absolute atomic E-state index is 0.0814. The van der Waals surface area contributed by atoms with E-state index in [1.54, 1.807) is 0 Å². The van der Waals surface area contributed by atoms with Gasteiger partial charge in [-0.15, -0.1) is 0 Å². The molecular weight excluding hydrogens is 309 g/mol. The summed E-state index contributed by atoms with van der Waals surface area (Å²) in [4.78, 5) is 11.9. The van der Waals surface area contributed by atoms with Gasteiger partial charge >= 0.3 is 0 Å². The van der Waals surface area contributed by atoms with Crippen LogP contribution >= 0.6 is 23.2 Å². The first-order valence-electron chi connectivity index (χ1n) is 5.40. The van der Waals surface area contributed by atoms with E-state index in [0.29, 0.717) is 0 Å². The number of benzene rings is 2. The lowest BCUT2D eigenvalue weighted by atomic mass is 10.2. The monoisotopic (exact) mass is 316 g/mol. The Morgan fingerprint density at radius 2 is 1.75 bits per heavy atom. The van der Waals surface area contributed by atoms with E-state index in [2.05, 4.69) is 5.32 Å². The van der Waals surface area contributed by atoms with Crippen molar-refractivity contribution in [1.82, 2.24) is 0 Å². The van der Waals surface area contributed by atoms with Gasteiger partial charge in [-0.2, -0.15) is 0 Å². The molecule has 7 heteroatoms. The third-order valence-corrected chi connectivity index (χ3v) is 3.17. The Morgan fingerprint density at radius 3 is 2.35 bits per heavy atom. The van der Waals surface area contributed by atoms with E-state index in [9.17, 15) is 13.6 Å². The number of hydrogen-bond acceptors (Lipinski definition) is 2. The molecule has 0 saturated carbocycles. The van der Waals surface area contributed by atoms with Crippen LogP contribution < -0.4 is 11.1 Å². The molecule has 0 aliphatic carbocycles. The summed E-state index contributed by atoms with van der Waals surface area (Å²) >= 11 is 11.6. The summed E-state index contributed by atoms with van der Waals surface area (Å²) in [6.07, 6.45) is 0. The molecule has 104 valence electrons. The van der Waals surface area contributed by atoms with Crippen molar-refractivity contribution < 1.29 is 13.6 Å². The minimum Gasteiger partial charge on any atom is -0.396 e. The molecule has 2 aromatic carbocycles. The van der Waals surface area contributed by atoms with Crippen molar-refractivity contribution in [3.8, 4) is 0 Å². The lowest BCUT2D eigenvalue weighted by Crippen LogP contribution is -2.13. The van der Waals surface area contributed by atoms with Crippen LogP contribution in [0.5, 0.6) is 0 Å². The summed E-state index contributed by atoms with van der Waals surface area (Å²) in [6.45, 7) is 0. The molecule has 0 fully saturated rings. The number of nitrogens with one attached hydrogen (secondary N) is 1. The molecular formula is C13H8Cl2F2N2O. The highest BCUT2D eigenvalue weighted by molar-refractivity contribution is 6.39. The van der Waals surface area contributed by atoms with Gasteiger partial charge in [0.05, 0.1) is 21.4 Å². The molecule has 0 aromatic heterocycles. The summed E-state index contributed by atoms with van der Waals surface area (Å²) in [7, 11) is 0. The fraction of sp³-hybridized carbons (Fsp3) is 0. The number of rotatable bonds is 2. The predicted octanol–water partition coefficient (Wildman–Crippen LogP) is 4.11. The first kappa shape index (κ1) is 14.6. The molecule has 2 rings (SSSR count). The van der Waals surface area contributed by atoms with Crippen molar-refractivity contribution in [2.45, 2.75) is 0 Å². The Balaban J connectivity index is 2.31. The number of nitrogen functional groups attached to an aromatic ring is 1. The molecule has 3 nitrogen and oxygen atoms in total. The molecule has 0 aliphatic heterocycles. The average molecular weight is 317 g/mol. The van der Waals surface area contributed by atoms with Crippen molar-refractivity contribution in [3.05, 3.63) is 57.6 Å². The molecule has 2 aromatic rings. The number of nitrogens with two attached hydrogens (primary N) is 1. The molecule has 0 spiro atoms. The molecule has 0 radical (unpaired) electrons. The fourth-order valence-electron chi connectivity index (χ4n) is 1.51. The Hall–Kier alpha value is -1.85. The summed E-state index contributed by atoms with van der Waals surface area (Å²) in [5, 5.41) is 2.43. The molecule has 1 amide bonds. The Bertz CT molecular complexity index is 669. The molecule has 0 bridgehead atoms. The van der Waals surface area contributed by atoms with Crippen LogP contribution in [0.25, 0.3) is 0 Å². The Kier molecular flexibility index (Phi) is 4.11. The highest BCUT2D eigenvalue weighted by Crippen LogP contribution is 2.29. The second kappa shape index (κ2) is 5.64. The first-order valence-corrected chi connectivity index (χ1v) is 6.15. The normalized spacial score (nSPS) is 10.4. The number of hydrogen-bond donors (Lipinski definition) is 2. The minimum atomic E-state index is -1.14. The van der Waals surface area contributed by atoms with Gasteiger partial charge in [-0.3, -0.25) is 4.79 Å². The predicted molar refractivity (Wildman–Crippen MR) is 75.2 cm³/mol. The summed E-state index contributed by atoms with van der Waals surface area (Å²) < 4.78 is 26.5. The van der Waals surface area contributed by atoms with Crippen molar-refractivity contribution in [1.29, 1.82) is 0 Å². The molecule has 0 heterocycles. The average Bonchev–Trinajstić information content (AvgIpc) is 2.40. The van der Waals surface area contributed by atoms with E-state index >= 15 is 0 Å².